The summed E-state index contributed by atoms with van der Waals surface area (Å²) in [6.45, 7) is 10.7. The predicted octanol–water partition coefficient (Wildman–Crippen LogP) is 1.95. The molecule has 0 aliphatic carbocycles. The topological polar surface area (TPSA) is 29.1 Å². The lowest BCUT2D eigenvalue weighted by molar-refractivity contribution is -0.890. The van der Waals surface area contributed by atoms with Gasteiger partial charge in [0.15, 0.2) is 0 Å². The smallest absolute Gasteiger partial charge is 0.246 e. The summed E-state index contributed by atoms with van der Waals surface area (Å²) >= 11 is 0. The van der Waals surface area contributed by atoms with Gasteiger partial charge in [-0.2, -0.15) is 0 Å². The Hall–Kier alpha value is -0.830. The van der Waals surface area contributed by atoms with Crippen molar-refractivity contribution in [2.75, 3.05) is 33.7 Å². The molecule has 0 aromatic carbocycles. The van der Waals surface area contributed by atoms with Crippen LogP contribution in [0.3, 0.4) is 0 Å². The molecular formula is C13H27N2O+. The highest BCUT2D eigenvalue weighted by Crippen LogP contribution is 2.02. The lowest BCUT2D eigenvalue weighted by Crippen LogP contribution is -2.41. The van der Waals surface area contributed by atoms with Crippen LogP contribution in [-0.4, -0.2) is 44.1 Å². The summed E-state index contributed by atoms with van der Waals surface area (Å²) in [4.78, 5) is 11.2. The number of nitrogens with one attached hydrogen (secondary N) is 1. The van der Waals surface area contributed by atoms with E-state index in [4.69, 9.17) is 0 Å². The first-order valence-corrected chi connectivity index (χ1v) is 6.15. The molecule has 0 fully saturated rings. The van der Waals surface area contributed by atoms with Gasteiger partial charge in [-0.05, 0) is 26.2 Å². The maximum absolute atomic E-state index is 11.2. The summed E-state index contributed by atoms with van der Waals surface area (Å²) < 4.78 is 1.07. The zero-order chi connectivity index (χ0) is 12.6. The van der Waals surface area contributed by atoms with Crippen molar-refractivity contribution in [1.29, 1.82) is 0 Å². The van der Waals surface area contributed by atoms with Crippen LogP contribution in [0, 0.1) is 0 Å². The second kappa shape index (κ2) is 7.44. The number of carbonyl (C=O) groups excluding carboxylic acids is 1. The van der Waals surface area contributed by atoms with Crippen LogP contribution >= 0.6 is 0 Å². The van der Waals surface area contributed by atoms with Crippen molar-refractivity contribution in [3.05, 3.63) is 12.2 Å². The van der Waals surface area contributed by atoms with Crippen molar-refractivity contribution in [2.45, 2.75) is 33.1 Å². The molecule has 0 bridgehead atoms. The fourth-order valence-electron chi connectivity index (χ4n) is 1.73. The highest BCUT2D eigenvalue weighted by atomic mass is 16.1. The molecule has 94 valence electrons. The number of rotatable bonds is 8. The Morgan fingerprint density at radius 2 is 1.88 bits per heavy atom. The number of quaternary nitrogens is 1. The Bertz CT molecular complexity index is 234. The van der Waals surface area contributed by atoms with E-state index in [-0.39, 0.29) is 5.91 Å². The van der Waals surface area contributed by atoms with Gasteiger partial charge in [0.05, 0.1) is 27.2 Å². The summed E-state index contributed by atoms with van der Waals surface area (Å²) in [6.07, 6.45) is 3.42. The van der Waals surface area contributed by atoms with E-state index in [0.29, 0.717) is 5.57 Å². The maximum atomic E-state index is 11.2. The molecule has 0 heterocycles. The first-order valence-electron chi connectivity index (χ1n) is 6.15. The van der Waals surface area contributed by atoms with Crippen molar-refractivity contribution in [1.82, 2.24) is 5.32 Å². The largest absolute Gasteiger partial charge is 0.352 e. The van der Waals surface area contributed by atoms with Gasteiger partial charge in [-0.1, -0.05) is 13.5 Å². The van der Waals surface area contributed by atoms with Crippen LogP contribution < -0.4 is 5.32 Å². The lowest BCUT2D eigenvalue weighted by Gasteiger charge is -2.29. The Kier molecular flexibility index (Phi) is 7.06. The molecule has 3 heteroatoms. The van der Waals surface area contributed by atoms with E-state index in [2.05, 4.69) is 32.9 Å². The molecule has 0 rings (SSSR count). The van der Waals surface area contributed by atoms with E-state index in [9.17, 15) is 4.79 Å². The van der Waals surface area contributed by atoms with Crippen LogP contribution in [0.2, 0.25) is 0 Å². The van der Waals surface area contributed by atoms with Crippen LogP contribution in [0.25, 0.3) is 0 Å². The molecule has 0 radical (unpaired) electrons. The SMILES string of the molecule is C=C(C)C(=O)NCCCC[N+](C)(C)CCC. The Morgan fingerprint density at radius 1 is 1.25 bits per heavy atom. The highest BCUT2D eigenvalue weighted by Gasteiger charge is 2.12. The van der Waals surface area contributed by atoms with E-state index in [0.717, 1.165) is 23.9 Å². The average molecular weight is 227 g/mol. The zero-order valence-corrected chi connectivity index (χ0v) is 11.3. The summed E-state index contributed by atoms with van der Waals surface area (Å²) in [5.74, 6) is -0.0256. The molecule has 0 aliphatic heterocycles. The van der Waals surface area contributed by atoms with Gasteiger partial charge in [-0.25, -0.2) is 0 Å². The molecule has 0 saturated carbocycles. The number of hydrogen-bond acceptors (Lipinski definition) is 1. The molecule has 1 amide bonds. The minimum absolute atomic E-state index is 0.0256. The van der Waals surface area contributed by atoms with Crippen LogP contribution in [0.15, 0.2) is 12.2 Å². The van der Waals surface area contributed by atoms with Crippen molar-refractivity contribution in [3.8, 4) is 0 Å². The molecule has 0 saturated heterocycles. The van der Waals surface area contributed by atoms with Crippen LogP contribution in [0.4, 0.5) is 0 Å². The van der Waals surface area contributed by atoms with Crippen molar-refractivity contribution in [2.24, 2.45) is 0 Å². The third kappa shape index (κ3) is 7.46. The van der Waals surface area contributed by atoms with E-state index < -0.39 is 0 Å². The average Bonchev–Trinajstić information content (AvgIpc) is 2.16. The molecule has 0 aromatic heterocycles. The van der Waals surface area contributed by atoms with Gasteiger partial charge >= 0.3 is 0 Å². The first-order chi connectivity index (χ1) is 7.39. The summed E-state index contributed by atoms with van der Waals surface area (Å²) in [5.41, 5.74) is 0.585. The summed E-state index contributed by atoms with van der Waals surface area (Å²) in [7, 11) is 4.52. The first kappa shape index (κ1) is 15.2. The lowest BCUT2D eigenvalue weighted by atomic mass is 10.2. The molecule has 0 unspecified atom stereocenters. The number of nitrogens with zero attached hydrogens (tertiary/aromatic N) is 1. The molecule has 0 aromatic rings. The van der Waals surface area contributed by atoms with E-state index in [1.165, 1.54) is 19.5 Å². The minimum atomic E-state index is -0.0256. The standard InChI is InChI=1S/C13H26N2O/c1-6-10-15(4,5)11-8-7-9-14-13(16)12(2)3/h2,6-11H2,1,3-5H3/p+1. The van der Waals surface area contributed by atoms with Gasteiger partial charge in [0.1, 0.15) is 0 Å². The van der Waals surface area contributed by atoms with Crippen LogP contribution in [0.1, 0.15) is 33.1 Å². The monoisotopic (exact) mass is 227 g/mol. The number of amides is 1. The Morgan fingerprint density at radius 3 is 2.38 bits per heavy atom. The molecule has 0 spiro atoms. The van der Waals surface area contributed by atoms with Gasteiger partial charge in [-0.15, -0.1) is 0 Å². The summed E-state index contributed by atoms with van der Waals surface area (Å²) in [5, 5.41) is 2.85. The van der Waals surface area contributed by atoms with Crippen LogP contribution in [0.5, 0.6) is 0 Å². The van der Waals surface area contributed by atoms with Gasteiger partial charge in [0.2, 0.25) is 5.91 Å². The van der Waals surface area contributed by atoms with Gasteiger partial charge in [-0.3, -0.25) is 4.79 Å². The molecule has 3 nitrogen and oxygen atoms in total. The third-order valence-electron chi connectivity index (χ3n) is 2.69. The second-order valence-electron chi connectivity index (χ2n) is 5.13. The zero-order valence-electron chi connectivity index (χ0n) is 11.3. The second-order valence-corrected chi connectivity index (χ2v) is 5.13. The molecular weight excluding hydrogens is 200 g/mol. The van der Waals surface area contributed by atoms with E-state index in [1.807, 2.05) is 0 Å². The van der Waals surface area contributed by atoms with E-state index in [1.54, 1.807) is 6.92 Å². The third-order valence-corrected chi connectivity index (χ3v) is 2.69. The fraction of sp³-hybridized carbons (Fsp3) is 0.769. The quantitative estimate of drug-likeness (QED) is 0.383. The molecule has 16 heavy (non-hydrogen) atoms. The highest BCUT2D eigenvalue weighted by molar-refractivity contribution is 5.91. The van der Waals surface area contributed by atoms with Gasteiger partial charge < -0.3 is 9.80 Å². The molecule has 0 aliphatic rings. The van der Waals surface area contributed by atoms with Gasteiger partial charge in [0, 0.05) is 12.1 Å². The molecule has 0 atom stereocenters. The molecule has 1 N–H and O–H groups in total. The predicted molar refractivity (Wildman–Crippen MR) is 69.2 cm³/mol. The van der Waals surface area contributed by atoms with E-state index >= 15 is 0 Å². The van der Waals surface area contributed by atoms with Crippen molar-refractivity contribution < 1.29 is 9.28 Å². The Labute approximate surface area is 100 Å². The summed E-state index contributed by atoms with van der Waals surface area (Å²) in [6, 6.07) is 0. The number of unbranched alkanes of at least 4 members (excludes halogenated alkanes) is 1. The number of carbonyl (C=O) groups is 1. The van der Waals surface area contributed by atoms with Crippen LogP contribution in [-0.2, 0) is 4.79 Å². The maximum Gasteiger partial charge on any atom is 0.246 e. The fourth-order valence-corrected chi connectivity index (χ4v) is 1.73. The van der Waals surface area contributed by atoms with Gasteiger partial charge in [0.25, 0.3) is 0 Å². The Balaban J connectivity index is 3.54. The normalized spacial score (nSPS) is 11.2. The van der Waals surface area contributed by atoms with Crippen molar-refractivity contribution in [3.63, 3.8) is 0 Å². The minimum Gasteiger partial charge on any atom is -0.352 e. The van der Waals surface area contributed by atoms with Crippen molar-refractivity contribution >= 4 is 5.91 Å². The number of hydrogen-bond donors (Lipinski definition) is 1.